The van der Waals surface area contributed by atoms with Crippen molar-refractivity contribution in [3.8, 4) is 5.75 Å². The fourth-order valence-electron chi connectivity index (χ4n) is 2.53. The Kier molecular flexibility index (Phi) is 5.43. The number of piperidine rings is 1. The van der Waals surface area contributed by atoms with Crippen molar-refractivity contribution in [2.75, 3.05) is 27.3 Å². The largest absolute Gasteiger partial charge is 0.497 e. The van der Waals surface area contributed by atoms with Gasteiger partial charge in [0.25, 0.3) is 0 Å². The second-order valence-electron chi connectivity index (χ2n) is 5.03. The van der Waals surface area contributed by atoms with Gasteiger partial charge < -0.3 is 9.47 Å². The molecule has 20 heavy (non-hydrogen) atoms. The molecule has 0 unspecified atom stereocenters. The molecule has 0 saturated carbocycles. The minimum Gasteiger partial charge on any atom is -0.497 e. The average molecular weight is 342 g/mol. The molecule has 0 amide bonds. The summed E-state index contributed by atoms with van der Waals surface area (Å²) < 4.78 is 11.2. The molecule has 0 atom stereocenters. The first-order valence-electron chi connectivity index (χ1n) is 6.76. The average Bonchev–Trinajstić information content (AvgIpc) is 2.49. The molecule has 110 valence electrons. The SMILES string of the molecule is COC(=O)C1CCN(Cc2cc(OC)ccc2Br)CC1. The Balaban J connectivity index is 1.94. The van der Waals surface area contributed by atoms with E-state index in [9.17, 15) is 4.79 Å². The van der Waals surface area contributed by atoms with Gasteiger partial charge in [-0.15, -0.1) is 0 Å². The van der Waals surface area contributed by atoms with Gasteiger partial charge in [0.15, 0.2) is 0 Å². The van der Waals surface area contributed by atoms with Gasteiger partial charge in [-0.2, -0.15) is 0 Å². The van der Waals surface area contributed by atoms with E-state index in [1.54, 1.807) is 7.11 Å². The van der Waals surface area contributed by atoms with Gasteiger partial charge in [0, 0.05) is 11.0 Å². The first-order valence-corrected chi connectivity index (χ1v) is 7.56. The molecule has 0 N–H and O–H groups in total. The number of halogens is 1. The predicted molar refractivity (Wildman–Crippen MR) is 80.7 cm³/mol. The molecular weight excluding hydrogens is 322 g/mol. The van der Waals surface area contributed by atoms with Crippen LogP contribution in [0.2, 0.25) is 0 Å². The van der Waals surface area contributed by atoms with Crippen LogP contribution in [0.25, 0.3) is 0 Å². The number of carbonyl (C=O) groups is 1. The van der Waals surface area contributed by atoms with Crippen molar-refractivity contribution in [1.29, 1.82) is 0 Å². The third kappa shape index (κ3) is 3.73. The summed E-state index contributed by atoms with van der Waals surface area (Å²) in [5.74, 6) is 0.852. The number of likely N-dealkylation sites (tertiary alicyclic amines) is 1. The van der Waals surface area contributed by atoms with E-state index in [0.717, 1.165) is 42.7 Å². The van der Waals surface area contributed by atoms with Gasteiger partial charge in [0.2, 0.25) is 0 Å². The van der Waals surface area contributed by atoms with Crippen molar-refractivity contribution in [2.24, 2.45) is 5.92 Å². The van der Waals surface area contributed by atoms with E-state index in [2.05, 4.69) is 26.9 Å². The fourth-order valence-corrected chi connectivity index (χ4v) is 2.91. The van der Waals surface area contributed by atoms with E-state index >= 15 is 0 Å². The van der Waals surface area contributed by atoms with Crippen LogP contribution in [0.3, 0.4) is 0 Å². The van der Waals surface area contributed by atoms with Crippen LogP contribution in [0.1, 0.15) is 18.4 Å². The summed E-state index contributed by atoms with van der Waals surface area (Å²) in [5, 5.41) is 0. The molecule has 1 saturated heterocycles. The predicted octanol–water partition coefficient (Wildman–Crippen LogP) is 2.84. The highest BCUT2D eigenvalue weighted by molar-refractivity contribution is 9.10. The minimum absolute atomic E-state index is 0.0602. The number of benzene rings is 1. The van der Waals surface area contributed by atoms with E-state index in [0.29, 0.717) is 0 Å². The monoisotopic (exact) mass is 341 g/mol. The minimum atomic E-state index is -0.0767. The normalized spacial score (nSPS) is 16.9. The molecule has 0 spiro atoms. The molecule has 0 aromatic heterocycles. The Morgan fingerprint density at radius 1 is 1.35 bits per heavy atom. The Hall–Kier alpha value is -1.07. The lowest BCUT2D eigenvalue weighted by Gasteiger charge is -2.30. The van der Waals surface area contributed by atoms with Gasteiger partial charge in [-0.05, 0) is 49.7 Å². The summed E-state index contributed by atoms with van der Waals surface area (Å²) in [5.41, 5.74) is 1.21. The van der Waals surface area contributed by atoms with Gasteiger partial charge in [0.1, 0.15) is 5.75 Å². The van der Waals surface area contributed by atoms with Crippen molar-refractivity contribution in [3.63, 3.8) is 0 Å². The van der Waals surface area contributed by atoms with E-state index in [-0.39, 0.29) is 11.9 Å². The molecule has 5 heteroatoms. The number of methoxy groups -OCH3 is 2. The van der Waals surface area contributed by atoms with Crippen molar-refractivity contribution in [1.82, 2.24) is 4.90 Å². The van der Waals surface area contributed by atoms with Gasteiger partial charge in [0.05, 0.1) is 20.1 Å². The summed E-state index contributed by atoms with van der Waals surface area (Å²) in [6.07, 6.45) is 1.74. The fraction of sp³-hybridized carbons (Fsp3) is 0.533. The Bertz CT molecular complexity index is 470. The Morgan fingerprint density at radius 3 is 2.65 bits per heavy atom. The summed E-state index contributed by atoms with van der Waals surface area (Å²) in [7, 11) is 3.14. The number of hydrogen-bond donors (Lipinski definition) is 0. The van der Waals surface area contributed by atoms with Crippen LogP contribution in [-0.2, 0) is 16.1 Å². The summed E-state index contributed by atoms with van der Waals surface area (Å²) >= 11 is 3.58. The standard InChI is InChI=1S/C15H20BrNO3/c1-19-13-3-4-14(16)12(9-13)10-17-7-5-11(6-8-17)15(18)20-2/h3-4,9,11H,5-8,10H2,1-2H3. The Morgan fingerprint density at radius 2 is 2.05 bits per heavy atom. The van der Waals surface area contributed by atoms with Crippen molar-refractivity contribution in [2.45, 2.75) is 19.4 Å². The molecule has 4 nitrogen and oxygen atoms in total. The van der Waals surface area contributed by atoms with Crippen LogP contribution >= 0.6 is 15.9 Å². The van der Waals surface area contributed by atoms with Gasteiger partial charge >= 0.3 is 5.97 Å². The van der Waals surface area contributed by atoms with Crippen LogP contribution in [0.15, 0.2) is 22.7 Å². The highest BCUT2D eigenvalue weighted by Gasteiger charge is 2.25. The van der Waals surface area contributed by atoms with E-state index in [4.69, 9.17) is 9.47 Å². The van der Waals surface area contributed by atoms with Gasteiger partial charge in [-0.25, -0.2) is 0 Å². The quantitative estimate of drug-likeness (QED) is 0.789. The number of ether oxygens (including phenoxy) is 2. The Labute approximate surface area is 128 Å². The van der Waals surface area contributed by atoms with Gasteiger partial charge in [-0.3, -0.25) is 9.69 Å². The van der Waals surface area contributed by atoms with Crippen molar-refractivity contribution in [3.05, 3.63) is 28.2 Å². The zero-order valence-electron chi connectivity index (χ0n) is 11.9. The molecule has 0 radical (unpaired) electrons. The van der Waals surface area contributed by atoms with Crippen LogP contribution in [0.5, 0.6) is 5.75 Å². The number of rotatable bonds is 4. The number of hydrogen-bond acceptors (Lipinski definition) is 4. The van der Waals surface area contributed by atoms with Crippen LogP contribution in [0, 0.1) is 5.92 Å². The lowest BCUT2D eigenvalue weighted by molar-refractivity contribution is -0.147. The highest BCUT2D eigenvalue weighted by Crippen LogP contribution is 2.26. The number of esters is 1. The summed E-state index contributed by atoms with van der Waals surface area (Å²) in [4.78, 5) is 13.9. The lowest BCUT2D eigenvalue weighted by atomic mass is 9.96. The highest BCUT2D eigenvalue weighted by atomic mass is 79.9. The van der Waals surface area contributed by atoms with Gasteiger partial charge in [-0.1, -0.05) is 15.9 Å². The zero-order chi connectivity index (χ0) is 14.5. The lowest BCUT2D eigenvalue weighted by Crippen LogP contribution is -2.36. The van der Waals surface area contributed by atoms with Crippen LogP contribution in [-0.4, -0.2) is 38.2 Å². The van der Waals surface area contributed by atoms with Crippen LogP contribution < -0.4 is 4.74 Å². The molecule has 1 aliphatic rings. The molecule has 1 fully saturated rings. The summed E-state index contributed by atoms with van der Waals surface area (Å²) in [6, 6.07) is 6.00. The molecule has 1 aromatic rings. The maximum absolute atomic E-state index is 11.5. The molecule has 0 bridgehead atoms. The second-order valence-corrected chi connectivity index (χ2v) is 5.89. The van der Waals surface area contributed by atoms with Crippen molar-refractivity contribution < 1.29 is 14.3 Å². The van der Waals surface area contributed by atoms with E-state index in [1.807, 2.05) is 12.1 Å². The summed E-state index contributed by atoms with van der Waals surface area (Å²) in [6.45, 7) is 2.71. The topological polar surface area (TPSA) is 38.8 Å². The number of carbonyl (C=O) groups excluding carboxylic acids is 1. The second kappa shape index (κ2) is 7.09. The molecule has 1 aromatic carbocycles. The first kappa shape index (κ1) is 15.3. The molecule has 1 aliphatic heterocycles. The maximum atomic E-state index is 11.5. The van der Waals surface area contributed by atoms with E-state index < -0.39 is 0 Å². The van der Waals surface area contributed by atoms with Crippen molar-refractivity contribution >= 4 is 21.9 Å². The molecule has 2 rings (SSSR count). The number of nitrogens with zero attached hydrogens (tertiary/aromatic N) is 1. The third-order valence-corrected chi connectivity index (χ3v) is 4.54. The molecular formula is C15H20BrNO3. The smallest absolute Gasteiger partial charge is 0.308 e. The zero-order valence-corrected chi connectivity index (χ0v) is 13.5. The van der Waals surface area contributed by atoms with Crippen LogP contribution in [0.4, 0.5) is 0 Å². The maximum Gasteiger partial charge on any atom is 0.308 e. The third-order valence-electron chi connectivity index (χ3n) is 3.77. The molecule has 0 aliphatic carbocycles. The molecule has 1 heterocycles. The van der Waals surface area contributed by atoms with E-state index in [1.165, 1.54) is 12.7 Å². The first-order chi connectivity index (χ1) is 9.63.